The zero-order valence-electron chi connectivity index (χ0n) is 20.8. The first-order valence-electron chi connectivity index (χ1n) is 11.5. The molecule has 3 aromatic rings. The Morgan fingerprint density at radius 2 is 1.60 bits per heavy atom. The molecule has 3 rings (SSSR count). The van der Waals surface area contributed by atoms with Crippen LogP contribution < -0.4 is 15.0 Å². The lowest BCUT2D eigenvalue weighted by Gasteiger charge is -2.27. The predicted octanol–water partition coefficient (Wildman–Crippen LogP) is 5.34. The Hall–Kier alpha value is -3.87. The molecule has 3 aromatic carbocycles. The molecule has 0 heterocycles. The Labute approximate surface area is 206 Å². The first-order chi connectivity index (χ1) is 16.7. The molecule has 184 valence electrons. The summed E-state index contributed by atoms with van der Waals surface area (Å²) in [5, 5.41) is 2.93. The number of amides is 2. The molecular weight excluding hydrogens is 445 g/mol. The number of halogens is 1. The number of hydrogen-bond acceptors (Lipinski definition) is 4. The van der Waals surface area contributed by atoms with Crippen molar-refractivity contribution in [2.75, 3.05) is 31.4 Å². The summed E-state index contributed by atoms with van der Waals surface area (Å²) < 4.78 is 18.7. The summed E-state index contributed by atoms with van der Waals surface area (Å²) in [6.07, 6.45) is 0. The van der Waals surface area contributed by atoms with Crippen LogP contribution in [0, 0.1) is 11.7 Å². The van der Waals surface area contributed by atoms with Gasteiger partial charge in [0.1, 0.15) is 11.6 Å². The number of benzene rings is 3. The van der Waals surface area contributed by atoms with Gasteiger partial charge in [0.15, 0.2) is 0 Å². The third kappa shape index (κ3) is 6.82. The summed E-state index contributed by atoms with van der Waals surface area (Å²) in [6, 6.07) is 18.8. The largest absolute Gasteiger partial charge is 0.497 e. The molecule has 0 spiro atoms. The van der Waals surface area contributed by atoms with Crippen LogP contribution in [-0.4, -0.2) is 37.9 Å². The van der Waals surface area contributed by atoms with Gasteiger partial charge in [-0.3, -0.25) is 9.59 Å². The monoisotopic (exact) mass is 477 g/mol. The summed E-state index contributed by atoms with van der Waals surface area (Å²) >= 11 is 0. The van der Waals surface area contributed by atoms with E-state index in [9.17, 15) is 14.0 Å². The zero-order chi connectivity index (χ0) is 25.5. The van der Waals surface area contributed by atoms with Gasteiger partial charge >= 0.3 is 0 Å². The Balaban J connectivity index is 1.98. The van der Waals surface area contributed by atoms with Gasteiger partial charge in [0.05, 0.1) is 7.11 Å². The number of nitrogens with one attached hydrogen (secondary N) is 1. The van der Waals surface area contributed by atoms with Crippen LogP contribution >= 0.6 is 0 Å². The number of hydrogen-bond donors (Lipinski definition) is 1. The van der Waals surface area contributed by atoms with Crippen molar-refractivity contribution in [2.45, 2.75) is 26.9 Å². The van der Waals surface area contributed by atoms with Crippen molar-refractivity contribution in [1.29, 1.82) is 0 Å². The molecule has 6 nitrogen and oxygen atoms in total. The Morgan fingerprint density at radius 1 is 0.943 bits per heavy atom. The molecule has 0 bridgehead atoms. The second-order valence-corrected chi connectivity index (χ2v) is 8.90. The Kier molecular flexibility index (Phi) is 8.47. The van der Waals surface area contributed by atoms with Crippen molar-refractivity contribution in [3.63, 3.8) is 0 Å². The third-order valence-corrected chi connectivity index (χ3v) is 5.63. The second kappa shape index (κ2) is 11.5. The molecule has 0 unspecified atom stereocenters. The van der Waals surface area contributed by atoms with Crippen molar-refractivity contribution >= 4 is 23.2 Å². The molecule has 0 aliphatic carbocycles. The van der Waals surface area contributed by atoms with E-state index in [4.69, 9.17) is 4.74 Å². The topological polar surface area (TPSA) is 61.9 Å². The number of carbonyl (C=O) groups excluding carboxylic acids is 2. The SMILES string of the molecule is COc1ccc(C(=O)N(Cc2ccc(F)cc2)Cc2cc(NC(=O)C(C)C)ccc2N(C)C)cc1. The first kappa shape index (κ1) is 25.7. The molecule has 0 radical (unpaired) electrons. The fourth-order valence-corrected chi connectivity index (χ4v) is 3.64. The fourth-order valence-electron chi connectivity index (χ4n) is 3.64. The van der Waals surface area contributed by atoms with E-state index in [0.29, 0.717) is 30.1 Å². The van der Waals surface area contributed by atoms with Crippen molar-refractivity contribution in [3.05, 3.63) is 89.2 Å². The van der Waals surface area contributed by atoms with E-state index in [-0.39, 0.29) is 23.5 Å². The lowest BCUT2D eigenvalue weighted by atomic mass is 10.1. The molecule has 0 aliphatic rings. The normalized spacial score (nSPS) is 10.7. The number of rotatable bonds is 9. The maximum absolute atomic E-state index is 13.6. The fraction of sp³-hybridized carbons (Fsp3) is 0.286. The van der Waals surface area contributed by atoms with Crippen LogP contribution in [0.1, 0.15) is 35.3 Å². The first-order valence-corrected chi connectivity index (χ1v) is 11.5. The minimum Gasteiger partial charge on any atom is -0.497 e. The number of ether oxygens (including phenoxy) is 1. The summed E-state index contributed by atoms with van der Waals surface area (Å²) in [5.41, 5.74) is 3.80. The lowest BCUT2D eigenvalue weighted by Crippen LogP contribution is -2.31. The second-order valence-electron chi connectivity index (χ2n) is 8.90. The van der Waals surface area contributed by atoms with Crippen LogP contribution in [-0.2, 0) is 17.9 Å². The summed E-state index contributed by atoms with van der Waals surface area (Å²) in [6.45, 7) is 4.26. The molecule has 0 saturated carbocycles. The number of carbonyl (C=O) groups is 2. The van der Waals surface area contributed by atoms with Gasteiger partial charge in [-0.05, 0) is 65.7 Å². The molecule has 0 fully saturated rings. The van der Waals surface area contributed by atoms with E-state index in [1.807, 2.05) is 51.0 Å². The highest BCUT2D eigenvalue weighted by atomic mass is 19.1. The van der Waals surface area contributed by atoms with Crippen LogP contribution in [0.5, 0.6) is 5.75 Å². The molecule has 7 heteroatoms. The molecular formula is C28H32FN3O3. The van der Waals surface area contributed by atoms with Gasteiger partial charge in [0, 0.05) is 50.0 Å². The Morgan fingerprint density at radius 3 is 2.17 bits per heavy atom. The highest BCUT2D eigenvalue weighted by Gasteiger charge is 2.20. The summed E-state index contributed by atoms with van der Waals surface area (Å²) in [7, 11) is 5.44. The minimum absolute atomic E-state index is 0.0777. The van der Waals surface area contributed by atoms with Crippen molar-refractivity contribution in [3.8, 4) is 5.75 Å². The number of anilines is 2. The summed E-state index contributed by atoms with van der Waals surface area (Å²) in [4.78, 5) is 29.5. The van der Waals surface area contributed by atoms with Crippen LogP contribution in [0.25, 0.3) is 0 Å². The molecule has 35 heavy (non-hydrogen) atoms. The molecule has 0 atom stereocenters. The Bertz CT molecular complexity index is 1160. The van der Waals surface area contributed by atoms with Gasteiger partial charge in [0.25, 0.3) is 5.91 Å². The van der Waals surface area contributed by atoms with E-state index in [0.717, 1.165) is 16.8 Å². The van der Waals surface area contributed by atoms with Crippen LogP contribution in [0.3, 0.4) is 0 Å². The van der Waals surface area contributed by atoms with Gasteiger partial charge in [0.2, 0.25) is 5.91 Å². The lowest BCUT2D eigenvalue weighted by molar-refractivity contribution is -0.118. The van der Waals surface area contributed by atoms with Gasteiger partial charge in [-0.2, -0.15) is 0 Å². The van der Waals surface area contributed by atoms with Crippen LogP contribution in [0.4, 0.5) is 15.8 Å². The van der Waals surface area contributed by atoms with Crippen molar-refractivity contribution in [2.24, 2.45) is 5.92 Å². The number of methoxy groups -OCH3 is 1. The van der Waals surface area contributed by atoms with Crippen molar-refractivity contribution in [1.82, 2.24) is 4.90 Å². The quantitative estimate of drug-likeness (QED) is 0.452. The average molecular weight is 478 g/mol. The van der Waals surface area contributed by atoms with Gasteiger partial charge in [-0.25, -0.2) is 4.39 Å². The standard InChI is InChI=1S/C28H32FN3O3/c1-19(2)27(33)30-24-12-15-26(31(3)4)22(16-24)18-32(17-20-6-10-23(29)11-7-20)28(34)21-8-13-25(35-5)14-9-21/h6-16,19H,17-18H2,1-5H3,(H,30,33). The third-order valence-electron chi connectivity index (χ3n) is 5.63. The average Bonchev–Trinajstić information content (AvgIpc) is 2.84. The maximum Gasteiger partial charge on any atom is 0.254 e. The molecule has 0 aromatic heterocycles. The maximum atomic E-state index is 13.6. The van der Waals surface area contributed by atoms with Gasteiger partial charge in [-0.1, -0.05) is 26.0 Å². The number of nitrogens with zero attached hydrogens (tertiary/aromatic N) is 2. The summed E-state index contributed by atoms with van der Waals surface area (Å²) in [5.74, 6) is -0.0664. The van der Waals surface area contributed by atoms with Crippen molar-refractivity contribution < 1.29 is 18.7 Å². The van der Waals surface area contributed by atoms with E-state index in [1.54, 1.807) is 48.4 Å². The van der Waals surface area contributed by atoms with E-state index >= 15 is 0 Å². The molecule has 0 aliphatic heterocycles. The van der Waals surface area contributed by atoms with Crippen LogP contribution in [0.2, 0.25) is 0 Å². The molecule has 1 N–H and O–H groups in total. The highest BCUT2D eigenvalue weighted by molar-refractivity contribution is 5.95. The van der Waals surface area contributed by atoms with Gasteiger partial charge in [-0.15, -0.1) is 0 Å². The van der Waals surface area contributed by atoms with E-state index in [1.165, 1.54) is 12.1 Å². The zero-order valence-corrected chi connectivity index (χ0v) is 20.8. The minimum atomic E-state index is -0.328. The molecule has 0 saturated heterocycles. The predicted molar refractivity (Wildman–Crippen MR) is 137 cm³/mol. The highest BCUT2D eigenvalue weighted by Crippen LogP contribution is 2.26. The molecule has 2 amide bonds. The van der Waals surface area contributed by atoms with E-state index in [2.05, 4.69) is 5.32 Å². The van der Waals surface area contributed by atoms with E-state index < -0.39 is 0 Å². The van der Waals surface area contributed by atoms with Gasteiger partial charge < -0.3 is 19.9 Å². The smallest absolute Gasteiger partial charge is 0.254 e. The van der Waals surface area contributed by atoms with Crippen LogP contribution in [0.15, 0.2) is 66.7 Å².